The van der Waals surface area contributed by atoms with Crippen molar-refractivity contribution in [2.75, 3.05) is 6.61 Å². The summed E-state index contributed by atoms with van der Waals surface area (Å²) in [4.78, 5) is 4.35. The predicted molar refractivity (Wildman–Crippen MR) is 116 cm³/mol. The lowest BCUT2D eigenvalue weighted by Crippen LogP contribution is -1.95. The summed E-state index contributed by atoms with van der Waals surface area (Å²) in [6.07, 6.45) is 7.77. The third kappa shape index (κ3) is 5.66. The minimum absolute atomic E-state index is 0.458. The molecule has 0 N–H and O–H groups in total. The Balaban J connectivity index is 1.64. The number of aryl methyl sites for hydroxylation is 1. The van der Waals surface area contributed by atoms with E-state index in [1.165, 1.54) is 16.3 Å². The number of pyridine rings is 1. The van der Waals surface area contributed by atoms with Crippen LogP contribution in [-0.4, -0.2) is 17.8 Å². The smallest absolute Gasteiger partial charge is 0.213 e. The molecule has 146 valence electrons. The van der Waals surface area contributed by atoms with Crippen LogP contribution in [0.25, 0.3) is 21.9 Å². The zero-order valence-electron chi connectivity index (χ0n) is 16.5. The number of benzene rings is 2. The zero-order chi connectivity index (χ0) is 19.8. The molecule has 0 aliphatic rings. The minimum Gasteiger partial charge on any atom is -0.473 e. The van der Waals surface area contributed by atoms with Crippen molar-refractivity contribution < 1.29 is 9.13 Å². The molecule has 0 aliphatic heterocycles. The van der Waals surface area contributed by atoms with Gasteiger partial charge in [-0.2, -0.15) is 0 Å². The van der Waals surface area contributed by atoms with Gasteiger partial charge in [-0.25, -0.2) is 9.37 Å². The molecule has 1 unspecified atom stereocenters. The molecule has 0 aliphatic carbocycles. The molecule has 0 saturated heterocycles. The van der Waals surface area contributed by atoms with Crippen molar-refractivity contribution in [3.63, 3.8) is 0 Å². The van der Waals surface area contributed by atoms with Crippen LogP contribution in [0.1, 0.15) is 38.2 Å². The van der Waals surface area contributed by atoms with Crippen molar-refractivity contribution in [1.82, 2.24) is 4.98 Å². The van der Waals surface area contributed by atoms with E-state index in [4.69, 9.17) is 4.74 Å². The molecule has 0 spiro atoms. The molecule has 0 amide bonds. The molecule has 0 fully saturated rings. The Kier molecular flexibility index (Phi) is 7.18. The molecule has 1 aromatic heterocycles. The van der Waals surface area contributed by atoms with E-state index in [-0.39, 0.29) is 0 Å². The van der Waals surface area contributed by atoms with E-state index in [0.29, 0.717) is 18.9 Å². The highest BCUT2D eigenvalue weighted by atomic mass is 19.1. The molecule has 0 radical (unpaired) electrons. The topological polar surface area (TPSA) is 22.1 Å². The first-order valence-electron chi connectivity index (χ1n) is 10.0. The van der Waals surface area contributed by atoms with Crippen LogP contribution in [0.3, 0.4) is 0 Å². The van der Waals surface area contributed by atoms with E-state index in [1.54, 1.807) is 13.0 Å². The number of halogens is 1. The molecule has 2 nitrogen and oxygen atoms in total. The number of hydrogen-bond donors (Lipinski definition) is 0. The average molecular weight is 378 g/mol. The second-order valence-corrected chi connectivity index (χ2v) is 7.26. The van der Waals surface area contributed by atoms with Gasteiger partial charge in [-0.05, 0) is 60.2 Å². The molecular formula is C25H28FNO. The van der Waals surface area contributed by atoms with E-state index in [2.05, 4.69) is 48.0 Å². The van der Waals surface area contributed by atoms with Crippen molar-refractivity contribution in [2.24, 2.45) is 0 Å². The summed E-state index contributed by atoms with van der Waals surface area (Å²) < 4.78 is 18.3. The Morgan fingerprint density at radius 3 is 2.54 bits per heavy atom. The maximum Gasteiger partial charge on any atom is 0.213 e. The fourth-order valence-corrected chi connectivity index (χ4v) is 3.34. The first-order chi connectivity index (χ1) is 13.7. The molecular weight excluding hydrogens is 349 g/mol. The van der Waals surface area contributed by atoms with E-state index < -0.39 is 6.17 Å². The van der Waals surface area contributed by atoms with Crippen LogP contribution in [0.5, 0.6) is 5.88 Å². The summed E-state index contributed by atoms with van der Waals surface area (Å²) in [5, 5.41) is 2.47. The molecule has 3 rings (SSSR count). The minimum atomic E-state index is -0.680. The Bertz CT molecular complexity index is 902. The van der Waals surface area contributed by atoms with Crippen LogP contribution in [0.4, 0.5) is 4.39 Å². The van der Waals surface area contributed by atoms with E-state index in [1.807, 2.05) is 18.3 Å². The lowest BCUT2D eigenvalue weighted by atomic mass is 9.99. The highest BCUT2D eigenvalue weighted by Crippen LogP contribution is 2.26. The third-order valence-electron chi connectivity index (χ3n) is 4.89. The summed E-state index contributed by atoms with van der Waals surface area (Å²) in [5.74, 6) is 0.607. The Labute approximate surface area is 167 Å². The predicted octanol–water partition coefficient (Wildman–Crippen LogP) is 6.93. The molecule has 2 aromatic carbocycles. The summed E-state index contributed by atoms with van der Waals surface area (Å²) in [6, 6.07) is 17.1. The van der Waals surface area contributed by atoms with Crippen molar-refractivity contribution in [3.05, 3.63) is 72.9 Å². The summed E-state index contributed by atoms with van der Waals surface area (Å²) >= 11 is 0. The number of unbranched alkanes of at least 4 members (excludes halogenated alkanes) is 2. The molecule has 1 heterocycles. The Morgan fingerprint density at radius 2 is 1.79 bits per heavy atom. The summed E-state index contributed by atoms with van der Waals surface area (Å²) in [5.41, 5.74) is 3.56. The highest BCUT2D eigenvalue weighted by Gasteiger charge is 2.04. The van der Waals surface area contributed by atoms with Gasteiger partial charge in [-0.1, -0.05) is 55.8 Å². The molecule has 28 heavy (non-hydrogen) atoms. The maximum atomic E-state index is 12.8. The number of rotatable bonds is 10. The fraction of sp³-hybridized carbons (Fsp3) is 0.320. The van der Waals surface area contributed by atoms with Crippen LogP contribution in [0.15, 0.2) is 67.4 Å². The van der Waals surface area contributed by atoms with Gasteiger partial charge in [0.1, 0.15) is 6.61 Å². The number of hydrogen-bond acceptors (Lipinski definition) is 2. The summed E-state index contributed by atoms with van der Waals surface area (Å²) in [6.45, 7) is 5.74. The molecule has 0 saturated carbocycles. The number of ether oxygens (including phenoxy) is 1. The van der Waals surface area contributed by atoms with Crippen LogP contribution < -0.4 is 4.74 Å². The normalized spacial score (nSPS) is 12.1. The van der Waals surface area contributed by atoms with Gasteiger partial charge in [-0.3, -0.25) is 0 Å². The van der Waals surface area contributed by atoms with Crippen molar-refractivity contribution in [3.8, 4) is 17.0 Å². The average Bonchev–Trinajstić information content (AvgIpc) is 2.71. The second kappa shape index (κ2) is 10.0. The monoisotopic (exact) mass is 377 g/mol. The van der Waals surface area contributed by atoms with E-state index in [0.717, 1.165) is 36.8 Å². The standard InChI is InChI=1S/C25H28FNO/c1-3-15-28-25-14-13-24(18-27-25)23-12-11-21-16-20(9-10-22(21)17-23)8-6-4-5-7-19(2)26/h3,9-14,16-19H,1,4-8,15H2,2H3. The largest absolute Gasteiger partial charge is 0.473 e. The van der Waals surface area contributed by atoms with Crippen LogP contribution in [0, 0.1) is 0 Å². The molecule has 0 bridgehead atoms. The summed E-state index contributed by atoms with van der Waals surface area (Å²) in [7, 11) is 0. The number of alkyl halides is 1. The maximum absolute atomic E-state index is 12.8. The highest BCUT2D eigenvalue weighted by molar-refractivity contribution is 5.87. The Hall–Kier alpha value is -2.68. The number of fused-ring (bicyclic) bond motifs is 1. The van der Waals surface area contributed by atoms with E-state index in [9.17, 15) is 4.39 Å². The van der Waals surface area contributed by atoms with Gasteiger partial charge >= 0.3 is 0 Å². The number of aromatic nitrogens is 1. The van der Waals surface area contributed by atoms with Gasteiger partial charge in [0.15, 0.2) is 0 Å². The fourth-order valence-electron chi connectivity index (χ4n) is 3.34. The van der Waals surface area contributed by atoms with Gasteiger partial charge in [-0.15, -0.1) is 0 Å². The first-order valence-corrected chi connectivity index (χ1v) is 10.0. The Morgan fingerprint density at radius 1 is 1.00 bits per heavy atom. The second-order valence-electron chi connectivity index (χ2n) is 7.26. The SMILES string of the molecule is C=CCOc1ccc(-c2ccc3cc(CCCCCC(C)F)ccc3c2)cn1. The molecule has 3 heteroatoms. The van der Waals surface area contributed by atoms with E-state index >= 15 is 0 Å². The molecule has 3 aromatic rings. The van der Waals surface area contributed by atoms with Crippen LogP contribution >= 0.6 is 0 Å². The first kappa shape index (κ1) is 20.1. The van der Waals surface area contributed by atoms with Crippen LogP contribution in [-0.2, 0) is 6.42 Å². The van der Waals surface area contributed by atoms with Gasteiger partial charge in [0, 0.05) is 17.8 Å². The lowest BCUT2D eigenvalue weighted by Gasteiger charge is -2.08. The van der Waals surface area contributed by atoms with Crippen molar-refractivity contribution >= 4 is 10.8 Å². The zero-order valence-corrected chi connectivity index (χ0v) is 16.5. The van der Waals surface area contributed by atoms with Gasteiger partial charge in [0.25, 0.3) is 0 Å². The van der Waals surface area contributed by atoms with Crippen molar-refractivity contribution in [1.29, 1.82) is 0 Å². The lowest BCUT2D eigenvalue weighted by molar-refractivity contribution is 0.330. The van der Waals surface area contributed by atoms with Crippen molar-refractivity contribution in [2.45, 2.75) is 45.2 Å². The van der Waals surface area contributed by atoms with Gasteiger partial charge < -0.3 is 4.74 Å². The third-order valence-corrected chi connectivity index (χ3v) is 4.89. The van der Waals surface area contributed by atoms with Crippen LogP contribution in [0.2, 0.25) is 0 Å². The number of nitrogens with zero attached hydrogens (tertiary/aromatic N) is 1. The quantitative estimate of drug-likeness (QED) is 0.282. The van der Waals surface area contributed by atoms with Gasteiger partial charge in [0.2, 0.25) is 5.88 Å². The molecule has 1 atom stereocenters. The van der Waals surface area contributed by atoms with Gasteiger partial charge in [0.05, 0.1) is 6.17 Å².